The van der Waals surface area contributed by atoms with Gasteiger partial charge in [0, 0.05) is 22.2 Å². The zero-order chi connectivity index (χ0) is 19.2. The lowest BCUT2D eigenvalue weighted by Gasteiger charge is -2.20. The van der Waals surface area contributed by atoms with E-state index in [1.807, 2.05) is 0 Å². The van der Waals surface area contributed by atoms with Crippen LogP contribution >= 0.6 is 11.6 Å². The van der Waals surface area contributed by atoms with E-state index in [0.29, 0.717) is 28.5 Å². The zero-order valence-corrected chi connectivity index (χ0v) is 14.7. The van der Waals surface area contributed by atoms with Gasteiger partial charge in [-0.2, -0.15) is 8.78 Å². The lowest BCUT2D eigenvalue weighted by molar-refractivity contribution is -0.139. The molecule has 0 amide bonds. The van der Waals surface area contributed by atoms with E-state index in [-0.39, 0.29) is 19.1 Å². The van der Waals surface area contributed by atoms with Gasteiger partial charge in [0.15, 0.2) is 6.79 Å². The Hall–Kier alpha value is -2.64. The molecular weight excluding hydrogens is 382 g/mol. The maximum atomic E-state index is 12.1. The topological polar surface area (TPSA) is 54.0 Å². The molecule has 0 atom stereocenters. The van der Waals surface area contributed by atoms with E-state index in [2.05, 4.69) is 4.74 Å². The predicted molar refractivity (Wildman–Crippen MR) is 93.6 cm³/mol. The van der Waals surface area contributed by atoms with E-state index in [9.17, 15) is 13.6 Å². The van der Waals surface area contributed by atoms with Gasteiger partial charge in [-0.3, -0.25) is 0 Å². The lowest BCUT2D eigenvalue weighted by atomic mass is 10.1. The average molecular weight is 397 g/mol. The monoisotopic (exact) mass is 396 g/mol. The van der Waals surface area contributed by atoms with Crippen molar-refractivity contribution in [3.63, 3.8) is 0 Å². The smallest absolute Gasteiger partial charge is 0.387 e. The fourth-order valence-electron chi connectivity index (χ4n) is 2.49. The van der Waals surface area contributed by atoms with Gasteiger partial charge in [0.05, 0.1) is 6.61 Å². The number of ether oxygens (including phenoxy) is 4. The van der Waals surface area contributed by atoms with Crippen LogP contribution < -0.4 is 9.47 Å². The number of carbonyl (C=O) groups is 1. The van der Waals surface area contributed by atoms with Crippen molar-refractivity contribution in [2.24, 2.45) is 0 Å². The van der Waals surface area contributed by atoms with Crippen LogP contribution in [0.2, 0.25) is 5.02 Å². The first-order valence-corrected chi connectivity index (χ1v) is 8.30. The molecule has 142 valence electrons. The van der Waals surface area contributed by atoms with E-state index in [4.69, 9.17) is 25.8 Å². The summed E-state index contributed by atoms with van der Waals surface area (Å²) in [4.78, 5) is 11.9. The van der Waals surface area contributed by atoms with E-state index >= 15 is 0 Å². The molecule has 1 aliphatic rings. The first-order chi connectivity index (χ1) is 13.0. The highest BCUT2D eigenvalue weighted by Gasteiger charge is 2.17. The summed E-state index contributed by atoms with van der Waals surface area (Å²) in [6, 6.07) is 9.27. The van der Waals surface area contributed by atoms with Crippen LogP contribution in [0.4, 0.5) is 8.78 Å². The lowest BCUT2D eigenvalue weighted by Crippen LogP contribution is -2.14. The second-order valence-corrected chi connectivity index (χ2v) is 5.99. The van der Waals surface area contributed by atoms with Gasteiger partial charge < -0.3 is 18.9 Å². The van der Waals surface area contributed by atoms with Crippen LogP contribution in [0.1, 0.15) is 16.7 Å². The van der Waals surface area contributed by atoms with Crippen molar-refractivity contribution in [1.82, 2.24) is 0 Å². The quantitative estimate of drug-likeness (QED) is 0.529. The zero-order valence-electron chi connectivity index (χ0n) is 14.0. The summed E-state index contributed by atoms with van der Waals surface area (Å²) in [5.74, 6) is 0.0835. The Balaban J connectivity index is 1.58. The van der Waals surface area contributed by atoms with Crippen molar-refractivity contribution in [2.75, 3.05) is 6.79 Å². The first-order valence-electron chi connectivity index (χ1n) is 7.93. The molecule has 0 spiro atoms. The molecule has 2 aromatic carbocycles. The van der Waals surface area contributed by atoms with Crippen molar-refractivity contribution in [2.45, 2.75) is 19.8 Å². The molecule has 1 aliphatic heterocycles. The minimum absolute atomic E-state index is 0.00671. The molecule has 0 radical (unpaired) electrons. The van der Waals surface area contributed by atoms with E-state index < -0.39 is 12.6 Å². The molecule has 0 saturated heterocycles. The summed E-state index contributed by atoms with van der Waals surface area (Å²) in [5.41, 5.74) is 2.08. The van der Waals surface area contributed by atoms with Crippen molar-refractivity contribution in [3.8, 4) is 11.5 Å². The number of hydrogen-bond donors (Lipinski definition) is 0. The maximum absolute atomic E-state index is 12.1. The third-order valence-electron chi connectivity index (χ3n) is 3.64. The van der Waals surface area contributed by atoms with Crippen molar-refractivity contribution in [3.05, 3.63) is 64.2 Å². The second-order valence-electron chi connectivity index (χ2n) is 5.55. The maximum Gasteiger partial charge on any atom is 0.387 e. The molecule has 0 bridgehead atoms. The number of rotatable bonds is 6. The van der Waals surface area contributed by atoms with Gasteiger partial charge in [-0.1, -0.05) is 23.7 Å². The standard InChI is InChI=1S/C19H15ClF2O5/c20-15-7-13-9-24-11-26-18(13)14(8-15)10-25-17(23)6-3-12-1-4-16(5-2-12)27-19(21)22/h1-8,19H,9-11H2/b6-3+. The largest absolute Gasteiger partial charge is 0.467 e. The van der Waals surface area contributed by atoms with Gasteiger partial charge >= 0.3 is 12.6 Å². The molecule has 0 N–H and O–H groups in total. The number of hydrogen-bond acceptors (Lipinski definition) is 5. The third kappa shape index (κ3) is 5.42. The molecule has 8 heteroatoms. The Morgan fingerprint density at radius 1 is 1.26 bits per heavy atom. The Morgan fingerprint density at radius 2 is 2.04 bits per heavy atom. The summed E-state index contributed by atoms with van der Waals surface area (Å²) >= 11 is 6.06. The van der Waals surface area contributed by atoms with Crippen LogP contribution in [-0.2, 0) is 27.5 Å². The van der Waals surface area contributed by atoms with E-state index in [1.165, 1.54) is 24.3 Å². The van der Waals surface area contributed by atoms with Gasteiger partial charge in [-0.05, 0) is 35.9 Å². The molecule has 0 saturated carbocycles. The van der Waals surface area contributed by atoms with Crippen LogP contribution in [0.15, 0.2) is 42.5 Å². The normalized spacial score (nSPS) is 13.3. The molecule has 0 unspecified atom stereocenters. The number of fused-ring (bicyclic) bond motifs is 1. The molecule has 5 nitrogen and oxygen atoms in total. The molecule has 0 aliphatic carbocycles. The number of halogens is 3. The average Bonchev–Trinajstić information content (AvgIpc) is 2.65. The number of esters is 1. The van der Waals surface area contributed by atoms with Crippen LogP contribution in [0, 0.1) is 0 Å². The van der Waals surface area contributed by atoms with Gasteiger partial charge in [-0.25, -0.2) is 4.79 Å². The van der Waals surface area contributed by atoms with Crippen LogP contribution in [0.5, 0.6) is 11.5 Å². The Labute approximate surface area is 159 Å². The second kappa shape index (κ2) is 8.83. The van der Waals surface area contributed by atoms with Crippen LogP contribution in [-0.4, -0.2) is 19.4 Å². The number of benzene rings is 2. The SMILES string of the molecule is O=C(/C=C/c1ccc(OC(F)F)cc1)OCc1cc(Cl)cc2c1OCOC2. The van der Waals surface area contributed by atoms with Crippen molar-refractivity contribution >= 4 is 23.6 Å². The van der Waals surface area contributed by atoms with Gasteiger partial charge in [0.25, 0.3) is 0 Å². The van der Waals surface area contributed by atoms with Crippen molar-refractivity contribution < 1.29 is 32.5 Å². The molecule has 3 rings (SSSR count). The van der Waals surface area contributed by atoms with Crippen LogP contribution in [0.3, 0.4) is 0 Å². The van der Waals surface area contributed by atoms with E-state index in [1.54, 1.807) is 24.3 Å². The molecule has 1 heterocycles. The van der Waals surface area contributed by atoms with Crippen LogP contribution in [0.25, 0.3) is 6.08 Å². The van der Waals surface area contributed by atoms with Gasteiger partial charge in [0.2, 0.25) is 0 Å². The summed E-state index contributed by atoms with van der Waals surface area (Å²) in [6.45, 7) is -2.38. The summed E-state index contributed by atoms with van der Waals surface area (Å²) in [5, 5.41) is 0.496. The Bertz CT molecular complexity index is 837. The first kappa shape index (κ1) is 19.1. The summed E-state index contributed by atoms with van der Waals surface area (Å²) < 4.78 is 44.3. The summed E-state index contributed by atoms with van der Waals surface area (Å²) in [6.07, 6.45) is 2.75. The molecule has 0 fully saturated rings. The van der Waals surface area contributed by atoms with Gasteiger partial charge in [-0.15, -0.1) is 0 Å². The number of carbonyl (C=O) groups excluding carboxylic acids is 1. The molecule has 0 aromatic heterocycles. The minimum atomic E-state index is -2.88. The predicted octanol–water partition coefficient (Wildman–Crippen LogP) is 4.56. The summed E-state index contributed by atoms with van der Waals surface area (Å²) in [7, 11) is 0. The minimum Gasteiger partial charge on any atom is -0.467 e. The fraction of sp³-hybridized carbons (Fsp3) is 0.211. The molecule has 27 heavy (non-hydrogen) atoms. The fourth-order valence-corrected chi connectivity index (χ4v) is 2.75. The highest BCUT2D eigenvalue weighted by Crippen LogP contribution is 2.32. The van der Waals surface area contributed by atoms with Crippen molar-refractivity contribution in [1.29, 1.82) is 0 Å². The Morgan fingerprint density at radius 3 is 2.78 bits per heavy atom. The third-order valence-corrected chi connectivity index (χ3v) is 3.86. The molecule has 2 aromatic rings. The van der Waals surface area contributed by atoms with E-state index in [0.717, 1.165) is 5.56 Å². The highest BCUT2D eigenvalue weighted by molar-refractivity contribution is 6.30. The molecular formula is C19H15ClF2O5. The highest BCUT2D eigenvalue weighted by atomic mass is 35.5. The Kier molecular flexibility index (Phi) is 6.26. The number of alkyl halides is 2. The van der Waals surface area contributed by atoms with Gasteiger partial charge in [0.1, 0.15) is 18.1 Å².